The summed E-state index contributed by atoms with van der Waals surface area (Å²) in [5.41, 5.74) is 4.62. The van der Waals surface area contributed by atoms with Crippen LogP contribution in [0.3, 0.4) is 0 Å². The summed E-state index contributed by atoms with van der Waals surface area (Å²) in [6.07, 6.45) is 3.60. The SMILES string of the molecule is COC(=O)C1=C(C)N(C[C@@H]2CCCO2)C(=O)/C1=C\c1cc(C)n(-c2ccc(Cl)cc2Cl)c1C. The van der Waals surface area contributed by atoms with Crippen LogP contribution in [0.2, 0.25) is 10.0 Å². The molecule has 33 heavy (non-hydrogen) atoms. The van der Waals surface area contributed by atoms with Gasteiger partial charge in [0.05, 0.1) is 41.6 Å². The van der Waals surface area contributed by atoms with E-state index in [2.05, 4.69) is 0 Å². The molecule has 0 unspecified atom stereocenters. The molecule has 1 atom stereocenters. The van der Waals surface area contributed by atoms with Gasteiger partial charge in [0, 0.05) is 28.7 Å². The molecule has 0 N–H and O–H groups in total. The third kappa shape index (κ3) is 4.35. The smallest absolute Gasteiger partial charge is 0.340 e. The Bertz CT molecular complexity index is 1190. The van der Waals surface area contributed by atoms with Crippen LogP contribution in [-0.2, 0) is 19.1 Å². The highest BCUT2D eigenvalue weighted by molar-refractivity contribution is 6.35. The Morgan fingerprint density at radius 1 is 1.24 bits per heavy atom. The molecule has 8 heteroatoms. The predicted octanol–water partition coefficient (Wildman–Crippen LogP) is 5.25. The van der Waals surface area contributed by atoms with Crippen molar-refractivity contribution in [3.05, 3.63) is 68.1 Å². The zero-order chi connectivity index (χ0) is 23.9. The van der Waals surface area contributed by atoms with Crippen LogP contribution in [0.1, 0.15) is 36.7 Å². The van der Waals surface area contributed by atoms with Crippen LogP contribution in [0.15, 0.2) is 41.1 Å². The van der Waals surface area contributed by atoms with Gasteiger partial charge in [-0.2, -0.15) is 0 Å². The molecule has 1 saturated heterocycles. The Balaban J connectivity index is 1.77. The number of halogens is 2. The van der Waals surface area contributed by atoms with Crippen molar-refractivity contribution in [3.8, 4) is 5.69 Å². The summed E-state index contributed by atoms with van der Waals surface area (Å²) >= 11 is 12.5. The van der Waals surface area contributed by atoms with Crippen LogP contribution in [0.25, 0.3) is 11.8 Å². The number of ether oxygens (including phenoxy) is 2. The summed E-state index contributed by atoms with van der Waals surface area (Å²) in [7, 11) is 1.32. The molecule has 0 radical (unpaired) electrons. The van der Waals surface area contributed by atoms with E-state index in [1.54, 1.807) is 30.0 Å². The highest BCUT2D eigenvalue weighted by Gasteiger charge is 2.38. The Kier molecular flexibility index (Phi) is 6.71. The molecule has 2 aromatic rings. The molecular formula is C25H26Cl2N2O4. The fraction of sp³-hybridized carbons (Fsp3) is 0.360. The van der Waals surface area contributed by atoms with Gasteiger partial charge in [-0.3, -0.25) is 4.79 Å². The zero-order valence-electron chi connectivity index (χ0n) is 19.1. The number of aromatic nitrogens is 1. The van der Waals surface area contributed by atoms with Gasteiger partial charge >= 0.3 is 5.97 Å². The number of allylic oxidation sites excluding steroid dienone is 1. The van der Waals surface area contributed by atoms with Crippen LogP contribution in [0.4, 0.5) is 0 Å². The lowest BCUT2D eigenvalue weighted by molar-refractivity contribution is -0.136. The predicted molar refractivity (Wildman–Crippen MR) is 129 cm³/mol. The topological polar surface area (TPSA) is 60.8 Å². The van der Waals surface area contributed by atoms with Gasteiger partial charge in [0.15, 0.2) is 0 Å². The van der Waals surface area contributed by atoms with E-state index < -0.39 is 5.97 Å². The van der Waals surface area contributed by atoms with Gasteiger partial charge in [0.2, 0.25) is 0 Å². The number of methoxy groups -OCH3 is 1. The molecule has 4 rings (SSSR count). The highest BCUT2D eigenvalue weighted by atomic mass is 35.5. The van der Waals surface area contributed by atoms with Gasteiger partial charge in [-0.05, 0) is 69.5 Å². The van der Waals surface area contributed by atoms with Crippen LogP contribution in [-0.4, -0.2) is 47.7 Å². The Hall–Kier alpha value is -2.54. The second-order valence-electron chi connectivity index (χ2n) is 8.32. The standard InChI is InChI=1S/C25H26Cl2N2O4/c1-14-10-17(15(2)29(14)22-8-7-18(26)12-21(22)27)11-20-23(25(31)32-4)16(3)28(24(20)30)13-19-6-5-9-33-19/h7-8,10-12,19H,5-6,9,13H2,1-4H3/b20-11-/t19-/m0/s1. The highest BCUT2D eigenvalue weighted by Crippen LogP contribution is 2.35. The fourth-order valence-corrected chi connectivity index (χ4v) is 5.06. The molecule has 2 aliphatic heterocycles. The summed E-state index contributed by atoms with van der Waals surface area (Å²) < 4.78 is 12.7. The molecule has 174 valence electrons. The summed E-state index contributed by atoms with van der Waals surface area (Å²) in [5, 5.41) is 1.08. The van der Waals surface area contributed by atoms with Crippen LogP contribution in [0.5, 0.6) is 0 Å². The summed E-state index contributed by atoms with van der Waals surface area (Å²) in [4.78, 5) is 27.7. The average molecular weight is 489 g/mol. The van der Waals surface area contributed by atoms with Gasteiger partial charge in [-0.1, -0.05) is 23.2 Å². The van der Waals surface area contributed by atoms with Gasteiger partial charge in [-0.25, -0.2) is 4.79 Å². The van der Waals surface area contributed by atoms with Crippen molar-refractivity contribution >= 4 is 41.2 Å². The number of aryl methyl sites for hydroxylation is 1. The first-order chi connectivity index (χ1) is 15.7. The summed E-state index contributed by atoms with van der Waals surface area (Å²) in [6, 6.07) is 7.30. The first kappa shape index (κ1) is 23.6. The van der Waals surface area contributed by atoms with Crippen LogP contribution < -0.4 is 0 Å². The lowest BCUT2D eigenvalue weighted by atomic mass is 10.0. The van der Waals surface area contributed by atoms with E-state index in [0.717, 1.165) is 35.5 Å². The maximum absolute atomic E-state index is 13.4. The van der Waals surface area contributed by atoms with Crippen molar-refractivity contribution in [3.63, 3.8) is 0 Å². The molecule has 1 aromatic carbocycles. The second-order valence-corrected chi connectivity index (χ2v) is 9.16. The second kappa shape index (κ2) is 9.37. The molecule has 0 saturated carbocycles. The molecule has 1 aromatic heterocycles. The third-order valence-electron chi connectivity index (χ3n) is 6.23. The number of hydrogen-bond donors (Lipinski definition) is 0. The third-order valence-corrected chi connectivity index (χ3v) is 6.77. The zero-order valence-corrected chi connectivity index (χ0v) is 20.6. The molecule has 0 aliphatic carbocycles. The lowest BCUT2D eigenvalue weighted by Crippen LogP contribution is -2.33. The van der Waals surface area contributed by atoms with E-state index in [1.807, 2.05) is 30.5 Å². The fourth-order valence-electron chi connectivity index (χ4n) is 4.56. The van der Waals surface area contributed by atoms with Gasteiger partial charge in [-0.15, -0.1) is 0 Å². The van der Waals surface area contributed by atoms with Crippen molar-refractivity contribution in [2.45, 2.75) is 39.7 Å². The summed E-state index contributed by atoms with van der Waals surface area (Å²) in [6.45, 7) is 6.80. The maximum Gasteiger partial charge on any atom is 0.340 e. The van der Waals surface area contributed by atoms with E-state index in [4.69, 9.17) is 32.7 Å². The van der Waals surface area contributed by atoms with Gasteiger partial charge in [0.25, 0.3) is 5.91 Å². The van der Waals surface area contributed by atoms with Crippen LogP contribution in [0, 0.1) is 13.8 Å². The number of carbonyl (C=O) groups excluding carboxylic acids is 2. The maximum atomic E-state index is 13.4. The number of benzene rings is 1. The van der Waals surface area contributed by atoms with Gasteiger partial charge in [0.1, 0.15) is 0 Å². The quantitative estimate of drug-likeness (QED) is 0.425. The molecule has 6 nitrogen and oxygen atoms in total. The monoisotopic (exact) mass is 488 g/mol. The van der Waals surface area contributed by atoms with Crippen molar-refractivity contribution in [2.24, 2.45) is 0 Å². The van der Waals surface area contributed by atoms with Crippen LogP contribution >= 0.6 is 23.2 Å². The molecule has 3 heterocycles. The molecule has 1 amide bonds. The normalized spacial score (nSPS) is 19.8. The average Bonchev–Trinajstić information content (AvgIpc) is 3.44. The number of nitrogens with zero attached hydrogens (tertiary/aromatic N) is 2. The first-order valence-corrected chi connectivity index (χ1v) is 11.6. The van der Waals surface area contributed by atoms with Crippen molar-refractivity contribution < 1.29 is 19.1 Å². The van der Waals surface area contributed by atoms with Crippen molar-refractivity contribution in [2.75, 3.05) is 20.3 Å². The number of esters is 1. The Labute approximate surface area is 203 Å². The van der Waals surface area contributed by atoms with Gasteiger partial charge < -0.3 is 18.9 Å². The molecular weight excluding hydrogens is 463 g/mol. The largest absolute Gasteiger partial charge is 0.465 e. The van der Waals surface area contributed by atoms with E-state index in [0.29, 0.717) is 34.5 Å². The molecule has 2 aliphatic rings. The minimum atomic E-state index is -0.531. The molecule has 1 fully saturated rings. The van der Waals surface area contributed by atoms with E-state index in [9.17, 15) is 9.59 Å². The Morgan fingerprint density at radius 3 is 2.64 bits per heavy atom. The lowest BCUT2D eigenvalue weighted by Gasteiger charge is -2.21. The number of carbonyl (C=O) groups is 2. The molecule has 0 spiro atoms. The van der Waals surface area contributed by atoms with E-state index in [1.165, 1.54) is 7.11 Å². The minimum absolute atomic E-state index is 0.0285. The number of amides is 1. The Morgan fingerprint density at radius 2 is 2.00 bits per heavy atom. The molecule has 0 bridgehead atoms. The number of rotatable bonds is 5. The summed E-state index contributed by atoms with van der Waals surface area (Å²) in [5.74, 6) is -0.755. The van der Waals surface area contributed by atoms with E-state index in [-0.39, 0.29) is 17.6 Å². The van der Waals surface area contributed by atoms with Crippen molar-refractivity contribution in [1.29, 1.82) is 0 Å². The number of hydrogen-bond acceptors (Lipinski definition) is 4. The first-order valence-electron chi connectivity index (χ1n) is 10.8. The van der Waals surface area contributed by atoms with Crippen molar-refractivity contribution in [1.82, 2.24) is 9.47 Å². The van der Waals surface area contributed by atoms with E-state index >= 15 is 0 Å². The minimum Gasteiger partial charge on any atom is -0.465 e.